The van der Waals surface area contributed by atoms with Gasteiger partial charge >= 0.3 is 0 Å². The monoisotopic (exact) mass is 214 g/mol. The van der Waals surface area contributed by atoms with Gasteiger partial charge < -0.3 is 11.1 Å². The van der Waals surface area contributed by atoms with Gasteiger partial charge in [-0.2, -0.15) is 5.10 Å². The van der Waals surface area contributed by atoms with Gasteiger partial charge in [0.25, 0.3) is 0 Å². The summed E-state index contributed by atoms with van der Waals surface area (Å²) in [7, 11) is 0. The first-order valence-electron chi connectivity index (χ1n) is 4.96. The molecule has 16 heavy (non-hydrogen) atoms. The number of nitrogens with one attached hydrogen (secondary N) is 2. The normalized spacial score (nSPS) is 13.6. The molecule has 0 fully saturated rings. The van der Waals surface area contributed by atoms with E-state index in [4.69, 9.17) is 5.73 Å². The second-order valence-electron chi connectivity index (χ2n) is 3.80. The second-order valence-corrected chi connectivity index (χ2v) is 3.80. The van der Waals surface area contributed by atoms with Crippen molar-refractivity contribution in [1.82, 2.24) is 10.2 Å². The largest absolute Gasteiger partial charge is 0.382 e. The Morgan fingerprint density at radius 3 is 2.94 bits per heavy atom. The lowest BCUT2D eigenvalue weighted by Crippen LogP contribution is -2.03. The molecular formula is C11H10N4O. The predicted octanol–water partition coefficient (Wildman–Crippen LogP) is 1.15. The van der Waals surface area contributed by atoms with Gasteiger partial charge in [0, 0.05) is 17.3 Å². The van der Waals surface area contributed by atoms with Crippen molar-refractivity contribution < 1.29 is 4.79 Å². The Labute approximate surface area is 91.7 Å². The number of benzene rings is 1. The number of hydrogen-bond donors (Lipinski definition) is 3. The summed E-state index contributed by atoms with van der Waals surface area (Å²) in [6, 6.07) is 7.57. The molecule has 0 saturated heterocycles. The van der Waals surface area contributed by atoms with Crippen LogP contribution in [-0.2, 0) is 11.2 Å². The molecule has 5 nitrogen and oxygen atoms in total. The van der Waals surface area contributed by atoms with Crippen molar-refractivity contribution >= 4 is 17.4 Å². The molecule has 0 bridgehead atoms. The number of nitrogens with zero attached hydrogens (tertiary/aromatic N) is 1. The van der Waals surface area contributed by atoms with Crippen LogP contribution in [0.25, 0.3) is 11.3 Å². The third kappa shape index (κ3) is 1.33. The fourth-order valence-corrected chi connectivity index (χ4v) is 1.88. The number of fused-ring (bicyclic) bond motifs is 1. The summed E-state index contributed by atoms with van der Waals surface area (Å²) in [5.41, 5.74) is 9.29. The number of aromatic amines is 1. The molecule has 2 aromatic rings. The highest BCUT2D eigenvalue weighted by Crippen LogP contribution is 2.28. The minimum absolute atomic E-state index is 0.0382. The van der Waals surface area contributed by atoms with E-state index in [1.165, 1.54) is 0 Å². The smallest absolute Gasteiger partial charge is 0.228 e. The van der Waals surface area contributed by atoms with E-state index in [0.29, 0.717) is 12.2 Å². The lowest BCUT2D eigenvalue weighted by molar-refractivity contribution is -0.115. The Morgan fingerprint density at radius 1 is 1.31 bits per heavy atom. The molecule has 1 aromatic heterocycles. The van der Waals surface area contributed by atoms with Gasteiger partial charge in [-0.05, 0) is 17.7 Å². The summed E-state index contributed by atoms with van der Waals surface area (Å²) in [6.45, 7) is 0. The van der Waals surface area contributed by atoms with Crippen LogP contribution < -0.4 is 11.1 Å². The number of nitrogen functional groups attached to an aromatic ring is 1. The van der Waals surface area contributed by atoms with Crippen LogP contribution in [0.1, 0.15) is 5.56 Å². The van der Waals surface area contributed by atoms with Crippen LogP contribution in [0.4, 0.5) is 11.5 Å². The minimum atomic E-state index is 0.0382. The van der Waals surface area contributed by atoms with E-state index >= 15 is 0 Å². The number of carbonyl (C=O) groups is 1. The average Bonchev–Trinajstić information content (AvgIpc) is 2.81. The van der Waals surface area contributed by atoms with E-state index in [0.717, 1.165) is 22.5 Å². The van der Waals surface area contributed by atoms with E-state index < -0.39 is 0 Å². The summed E-state index contributed by atoms with van der Waals surface area (Å²) < 4.78 is 0. The maximum atomic E-state index is 11.2. The molecule has 0 spiro atoms. The third-order valence-corrected chi connectivity index (χ3v) is 2.64. The average molecular weight is 214 g/mol. The van der Waals surface area contributed by atoms with Gasteiger partial charge in [0.2, 0.25) is 5.91 Å². The van der Waals surface area contributed by atoms with Crippen molar-refractivity contribution in [3.8, 4) is 11.3 Å². The molecule has 1 amide bonds. The number of nitrogens with two attached hydrogens (primary N) is 1. The molecule has 4 N–H and O–H groups in total. The summed E-state index contributed by atoms with van der Waals surface area (Å²) >= 11 is 0. The number of aromatic nitrogens is 2. The van der Waals surface area contributed by atoms with Gasteiger partial charge in [-0.15, -0.1) is 0 Å². The first kappa shape index (κ1) is 8.96. The van der Waals surface area contributed by atoms with Crippen LogP contribution >= 0.6 is 0 Å². The molecule has 0 radical (unpaired) electrons. The lowest BCUT2D eigenvalue weighted by atomic mass is 10.1. The number of amides is 1. The highest BCUT2D eigenvalue weighted by atomic mass is 16.1. The van der Waals surface area contributed by atoms with Gasteiger partial charge in [-0.1, -0.05) is 6.07 Å². The molecule has 1 aromatic carbocycles. The highest BCUT2D eigenvalue weighted by molar-refractivity contribution is 5.99. The molecule has 5 heteroatoms. The van der Waals surface area contributed by atoms with E-state index in [2.05, 4.69) is 15.5 Å². The number of carbonyl (C=O) groups excluding carboxylic acids is 1. The van der Waals surface area contributed by atoms with Crippen molar-refractivity contribution in [2.45, 2.75) is 6.42 Å². The summed E-state index contributed by atoms with van der Waals surface area (Å²) in [6.07, 6.45) is 0.437. The van der Waals surface area contributed by atoms with Crippen LogP contribution in [0, 0.1) is 0 Å². The first-order chi connectivity index (χ1) is 7.72. The minimum Gasteiger partial charge on any atom is -0.382 e. The van der Waals surface area contributed by atoms with Gasteiger partial charge in [0.05, 0.1) is 12.1 Å². The zero-order valence-corrected chi connectivity index (χ0v) is 8.45. The van der Waals surface area contributed by atoms with E-state index in [1.54, 1.807) is 6.07 Å². The van der Waals surface area contributed by atoms with Crippen molar-refractivity contribution in [2.24, 2.45) is 0 Å². The van der Waals surface area contributed by atoms with E-state index in [1.807, 2.05) is 18.2 Å². The fraction of sp³-hybridized carbons (Fsp3) is 0.0909. The van der Waals surface area contributed by atoms with Gasteiger partial charge in [-0.25, -0.2) is 0 Å². The zero-order chi connectivity index (χ0) is 11.1. The maximum absolute atomic E-state index is 11.2. The zero-order valence-electron chi connectivity index (χ0n) is 8.45. The Morgan fingerprint density at radius 2 is 2.19 bits per heavy atom. The third-order valence-electron chi connectivity index (χ3n) is 2.64. The van der Waals surface area contributed by atoms with Crippen molar-refractivity contribution in [2.75, 3.05) is 11.1 Å². The number of H-pyrrole nitrogens is 1. The lowest BCUT2D eigenvalue weighted by Gasteiger charge is -2.01. The Hall–Kier alpha value is -2.30. The van der Waals surface area contributed by atoms with Crippen molar-refractivity contribution in [3.63, 3.8) is 0 Å². The summed E-state index contributed by atoms with van der Waals surface area (Å²) in [5.74, 6) is 0.501. The number of anilines is 2. The Balaban J connectivity index is 2.05. The van der Waals surface area contributed by atoms with Crippen molar-refractivity contribution in [1.29, 1.82) is 0 Å². The summed E-state index contributed by atoms with van der Waals surface area (Å²) in [5, 5.41) is 9.51. The van der Waals surface area contributed by atoms with E-state index in [-0.39, 0.29) is 5.91 Å². The molecule has 0 atom stereocenters. The van der Waals surface area contributed by atoms with Crippen LogP contribution in [-0.4, -0.2) is 16.1 Å². The number of rotatable bonds is 1. The molecule has 0 aliphatic carbocycles. The standard InChI is InChI=1S/C11H10N4O/c12-10-5-9(14-15-10)6-1-2-8-7(3-6)4-11(16)13-8/h1-3,5H,4H2,(H,13,16)(H3,12,14,15). The molecule has 1 aliphatic rings. The van der Waals surface area contributed by atoms with Gasteiger partial charge in [0.15, 0.2) is 0 Å². The van der Waals surface area contributed by atoms with Crippen LogP contribution in [0.3, 0.4) is 0 Å². The fourth-order valence-electron chi connectivity index (χ4n) is 1.88. The molecule has 2 heterocycles. The Bertz CT molecular complexity index is 573. The molecule has 0 unspecified atom stereocenters. The van der Waals surface area contributed by atoms with Gasteiger partial charge in [0.1, 0.15) is 5.82 Å². The highest BCUT2D eigenvalue weighted by Gasteiger charge is 2.17. The molecule has 80 valence electrons. The quantitative estimate of drug-likeness (QED) is 0.665. The molecule has 0 saturated carbocycles. The van der Waals surface area contributed by atoms with E-state index in [9.17, 15) is 4.79 Å². The van der Waals surface area contributed by atoms with Crippen LogP contribution in [0.15, 0.2) is 24.3 Å². The first-order valence-corrected chi connectivity index (χ1v) is 4.96. The maximum Gasteiger partial charge on any atom is 0.228 e. The molecule has 1 aliphatic heterocycles. The molecule has 3 rings (SSSR count). The SMILES string of the molecule is Nc1cc(-c2ccc3c(c2)CC(=O)N3)[nH]n1. The number of hydrogen-bond acceptors (Lipinski definition) is 3. The predicted molar refractivity (Wildman–Crippen MR) is 60.8 cm³/mol. The Kier molecular flexibility index (Phi) is 1.73. The van der Waals surface area contributed by atoms with Crippen LogP contribution in [0.2, 0.25) is 0 Å². The summed E-state index contributed by atoms with van der Waals surface area (Å²) in [4.78, 5) is 11.2. The topological polar surface area (TPSA) is 83.8 Å². The van der Waals surface area contributed by atoms with Crippen LogP contribution in [0.5, 0.6) is 0 Å². The second kappa shape index (κ2) is 3.10. The van der Waals surface area contributed by atoms with Crippen molar-refractivity contribution in [3.05, 3.63) is 29.8 Å². The molecular weight excluding hydrogens is 204 g/mol. The van der Waals surface area contributed by atoms with Gasteiger partial charge in [-0.3, -0.25) is 9.89 Å².